The summed E-state index contributed by atoms with van der Waals surface area (Å²) in [5, 5.41) is 6.49. The molecule has 1 aromatic carbocycles. The first kappa shape index (κ1) is 29.3. The summed E-state index contributed by atoms with van der Waals surface area (Å²) in [5.74, 6) is 0.864. The number of likely N-dealkylation sites (tertiary alicyclic amines) is 1. The van der Waals surface area contributed by atoms with Crippen LogP contribution in [0.3, 0.4) is 0 Å². The van der Waals surface area contributed by atoms with Gasteiger partial charge in [-0.3, -0.25) is 9.78 Å². The number of nitrogens with zero attached hydrogens (tertiary/aromatic N) is 6. The molecule has 0 aliphatic carbocycles. The van der Waals surface area contributed by atoms with Gasteiger partial charge >= 0.3 is 0 Å². The third kappa shape index (κ3) is 6.18. The van der Waals surface area contributed by atoms with Gasteiger partial charge in [-0.25, -0.2) is 19.3 Å². The van der Waals surface area contributed by atoms with Crippen molar-refractivity contribution in [2.24, 2.45) is 5.92 Å². The van der Waals surface area contributed by atoms with Gasteiger partial charge in [0.25, 0.3) is 5.91 Å². The van der Waals surface area contributed by atoms with Gasteiger partial charge in [-0.2, -0.15) is 0 Å². The number of pyridine rings is 2. The van der Waals surface area contributed by atoms with Gasteiger partial charge in [0, 0.05) is 49.9 Å². The summed E-state index contributed by atoms with van der Waals surface area (Å²) in [5.41, 5.74) is 3.36. The average Bonchev–Trinajstić information content (AvgIpc) is 3.02. The number of piperidine rings is 1. The summed E-state index contributed by atoms with van der Waals surface area (Å²) in [6, 6.07) is 12.1. The van der Waals surface area contributed by atoms with Crippen LogP contribution >= 0.6 is 0 Å². The lowest BCUT2D eigenvalue weighted by Crippen LogP contribution is -2.42. The van der Waals surface area contributed by atoms with E-state index in [0.29, 0.717) is 23.5 Å². The van der Waals surface area contributed by atoms with E-state index in [9.17, 15) is 9.18 Å². The molecule has 4 heterocycles. The van der Waals surface area contributed by atoms with Gasteiger partial charge in [0.2, 0.25) is 0 Å². The quantitative estimate of drug-likeness (QED) is 0.291. The zero-order valence-electron chi connectivity index (χ0n) is 24.9. The first-order valence-electron chi connectivity index (χ1n) is 14.5. The van der Waals surface area contributed by atoms with Crippen LogP contribution in [0.2, 0.25) is 0 Å². The fraction of sp³-hybridized carbons (Fsp3) is 0.406. The Balaban J connectivity index is 1.26. The van der Waals surface area contributed by atoms with E-state index >= 15 is 0 Å². The molecule has 0 spiro atoms. The van der Waals surface area contributed by atoms with Crippen molar-refractivity contribution in [1.29, 1.82) is 0 Å². The molecule has 2 atom stereocenters. The van der Waals surface area contributed by atoms with Crippen molar-refractivity contribution in [2.75, 3.05) is 51.0 Å². The van der Waals surface area contributed by atoms with Crippen LogP contribution in [0.15, 0.2) is 55.1 Å². The second kappa shape index (κ2) is 12.8. The van der Waals surface area contributed by atoms with Crippen LogP contribution in [-0.2, 0) is 0 Å². The molecule has 42 heavy (non-hydrogen) atoms. The van der Waals surface area contributed by atoms with Crippen molar-refractivity contribution in [1.82, 2.24) is 30.2 Å². The Labute approximate surface area is 246 Å². The fourth-order valence-corrected chi connectivity index (χ4v) is 5.62. The van der Waals surface area contributed by atoms with E-state index in [2.05, 4.69) is 75.5 Å². The summed E-state index contributed by atoms with van der Waals surface area (Å²) in [6.07, 6.45) is 6.85. The Morgan fingerprint density at radius 3 is 2.60 bits per heavy atom. The maximum absolute atomic E-state index is 14.5. The van der Waals surface area contributed by atoms with Crippen LogP contribution in [0.1, 0.15) is 48.5 Å². The van der Waals surface area contributed by atoms with E-state index in [1.54, 1.807) is 12.4 Å². The highest BCUT2D eigenvalue weighted by atomic mass is 19.1. The number of benzene rings is 1. The lowest BCUT2D eigenvalue weighted by atomic mass is 9.87. The largest absolute Gasteiger partial charge is 0.370 e. The van der Waals surface area contributed by atoms with Gasteiger partial charge in [-0.05, 0) is 62.5 Å². The van der Waals surface area contributed by atoms with Crippen molar-refractivity contribution in [3.8, 4) is 11.3 Å². The second-order valence-electron chi connectivity index (χ2n) is 11.3. The molecule has 1 aliphatic rings. The summed E-state index contributed by atoms with van der Waals surface area (Å²) in [6.45, 7) is 7.13. The first-order chi connectivity index (χ1) is 20.3. The van der Waals surface area contributed by atoms with Crippen LogP contribution in [0, 0.1) is 11.7 Å². The second-order valence-corrected chi connectivity index (χ2v) is 11.3. The third-order valence-electron chi connectivity index (χ3n) is 8.59. The SMILES string of the molecule is CNC(=O)c1c(F)cnc2c(C(C)[C@H](C)CNc3cc(-c4ccc(N(C)C5CCN(C)CC5)nc4)ncn3)cccc12. The summed E-state index contributed by atoms with van der Waals surface area (Å²) >= 11 is 0. The maximum Gasteiger partial charge on any atom is 0.254 e. The number of carbonyl (C=O) groups excluding carboxylic acids is 1. The molecule has 4 aromatic rings. The van der Waals surface area contributed by atoms with Crippen molar-refractivity contribution >= 4 is 28.4 Å². The molecule has 9 nitrogen and oxygen atoms in total. The lowest BCUT2D eigenvalue weighted by molar-refractivity contribution is 0.0960. The molecular weight excluding hydrogens is 531 g/mol. The predicted molar refractivity (Wildman–Crippen MR) is 165 cm³/mol. The molecule has 5 rings (SSSR count). The Hall–Kier alpha value is -4.18. The number of amides is 1. The number of hydrogen-bond donors (Lipinski definition) is 2. The minimum absolute atomic E-state index is 0.0202. The lowest BCUT2D eigenvalue weighted by Gasteiger charge is -2.35. The predicted octanol–water partition coefficient (Wildman–Crippen LogP) is 4.97. The number of aromatic nitrogens is 4. The topological polar surface area (TPSA) is 99.2 Å². The first-order valence-corrected chi connectivity index (χ1v) is 14.5. The smallest absolute Gasteiger partial charge is 0.254 e. The van der Waals surface area contributed by atoms with Crippen molar-refractivity contribution in [3.05, 3.63) is 72.1 Å². The van der Waals surface area contributed by atoms with Crippen molar-refractivity contribution < 1.29 is 9.18 Å². The maximum atomic E-state index is 14.5. The molecule has 1 unspecified atom stereocenters. The number of fused-ring (bicyclic) bond motifs is 1. The molecule has 2 N–H and O–H groups in total. The highest BCUT2D eigenvalue weighted by Crippen LogP contribution is 2.32. The van der Waals surface area contributed by atoms with Crippen LogP contribution in [-0.4, -0.2) is 77.6 Å². The molecule has 220 valence electrons. The van der Waals surface area contributed by atoms with Crippen molar-refractivity contribution in [2.45, 2.75) is 38.6 Å². The number of carbonyl (C=O) groups is 1. The molecular formula is C32H39FN8O. The van der Waals surface area contributed by atoms with Gasteiger partial charge in [0.05, 0.1) is 23.0 Å². The number of rotatable bonds is 9. The zero-order chi connectivity index (χ0) is 29.8. The van der Waals surface area contributed by atoms with Gasteiger partial charge in [-0.15, -0.1) is 0 Å². The normalized spacial score (nSPS) is 15.8. The minimum atomic E-state index is -0.630. The van der Waals surface area contributed by atoms with Crippen molar-refractivity contribution in [3.63, 3.8) is 0 Å². The van der Waals surface area contributed by atoms with E-state index in [4.69, 9.17) is 4.98 Å². The Morgan fingerprint density at radius 2 is 1.88 bits per heavy atom. The van der Waals surface area contributed by atoms with Gasteiger partial charge in [-0.1, -0.05) is 32.0 Å². The van der Waals surface area contributed by atoms with E-state index < -0.39 is 11.7 Å². The molecule has 1 aliphatic heterocycles. The standard InChI is InChI=1S/C32H39FN8O/c1-20(21(2)24-7-6-8-25-30(32(42)34-3)26(33)18-37-31(24)25)16-35-28-15-27(38-19-39-28)22-9-10-29(36-17-22)41(5)23-11-13-40(4)14-12-23/h6-10,15,17-21,23H,11-14,16H2,1-5H3,(H,34,42)(H,35,38,39)/t20-,21?/m1/s1. The molecule has 0 bridgehead atoms. The monoisotopic (exact) mass is 570 g/mol. The van der Waals surface area contributed by atoms with Gasteiger partial charge in [0.1, 0.15) is 18.0 Å². The summed E-state index contributed by atoms with van der Waals surface area (Å²) < 4.78 is 14.5. The number of hydrogen-bond acceptors (Lipinski definition) is 8. The molecule has 1 saturated heterocycles. The third-order valence-corrected chi connectivity index (χ3v) is 8.59. The highest BCUT2D eigenvalue weighted by Gasteiger charge is 2.23. The molecule has 0 radical (unpaired) electrons. The van der Waals surface area contributed by atoms with Crippen LogP contribution < -0.4 is 15.5 Å². The fourth-order valence-electron chi connectivity index (χ4n) is 5.62. The van der Waals surface area contributed by atoms with Gasteiger partial charge < -0.3 is 20.4 Å². The van der Waals surface area contributed by atoms with Crippen LogP contribution in [0.5, 0.6) is 0 Å². The molecule has 0 saturated carbocycles. The molecule has 3 aromatic heterocycles. The van der Waals surface area contributed by atoms with E-state index in [0.717, 1.165) is 60.6 Å². The highest BCUT2D eigenvalue weighted by molar-refractivity contribution is 6.06. The molecule has 10 heteroatoms. The van der Waals surface area contributed by atoms with Crippen LogP contribution in [0.4, 0.5) is 16.0 Å². The zero-order valence-corrected chi connectivity index (χ0v) is 24.9. The van der Waals surface area contributed by atoms with E-state index in [1.165, 1.54) is 7.05 Å². The number of halogens is 1. The Kier molecular flexibility index (Phi) is 8.91. The van der Waals surface area contributed by atoms with Gasteiger partial charge in [0.15, 0.2) is 5.82 Å². The Morgan fingerprint density at radius 1 is 1.10 bits per heavy atom. The number of nitrogens with one attached hydrogen (secondary N) is 2. The number of para-hydroxylation sites is 1. The van der Waals surface area contributed by atoms with E-state index in [1.807, 2.05) is 24.4 Å². The summed E-state index contributed by atoms with van der Waals surface area (Å²) in [4.78, 5) is 35.0. The molecule has 1 fully saturated rings. The Bertz CT molecular complexity index is 1540. The van der Waals surface area contributed by atoms with E-state index in [-0.39, 0.29) is 17.4 Å². The summed E-state index contributed by atoms with van der Waals surface area (Å²) in [7, 11) is 5.79. The molecule has 1 amide bonds. The average molecular weight is 571 g/mol. The number of anilines is 2. The minimum Gasteiger partial charge on any atom is -0.370 e. The van der Waals surface area contributed by atoms with Crippen LogP contribution in [0.25, 0.3) is 22.2 Å².